The molecule has 0 radical (unpaired) electrons. The summed E-state index contributed by atoms with van der Waals surface area (Å²) in [5.41, 5.74) is 0.581. The Bertz CT molecular complexity index is 607. The fourth-order valence-electron chi connectivity index (χ4n) is 2.89. The van der Waals surface area contributed by atoms with Crippen LogP contribution in [0, 0.1) is 11.6 Å². The molecule has 0 saturated carbocycles. The van der Waals surface area contributed by atoms with E-state index in [1.807, 2.05) is 18.7 Å². The van der Waals surface area contributed by atoms with Gasteiger partial charge in [0, 0.05) is 44.7 Å². The van der Waals surface area contributed by atoms with E-state index in [1.54, 1.807) is 0 Å². The predicted octanol–water partition coefficient (Wildman–Crippen LogP) is 2.69. The zero-order valence-electron chi connectivity index (χ0n) is 15.2. The van der Waals surface area contributed by atoms with Gasteiger partial charge in [0.05, 0.1) is 0 Å². The van der Waals surface area contributed by atoms with Crippen LogP contribution < -0.4 is 10.6 Å². The summed E-state index contributed by atoms with van der Waals surface area (Å²) in [6.45, 7) is 6.40. The summed E-state index contributed by atoms with van der Waals surface area (Å²) in [6, 6.07) is 3.68. The number of rotatable bonds is 6. The first-order valence-corrected chi connectivity index (χ1v) is 8.79. The highest BCUT2D eigenvalue weighted by Crippen LogP contribution is 2.11. The second-order valence-corrected chi connectivity index (χ2v) is 6.11. The third kappa shape index (κ3) is 7.05. The van der Waals surface area contributed by atoms with Crippen LogP contribution in [0.15, 0.2) is 23.2 Å². The van der Waals surface area contributed by atoms with Crippen molar-refractivity contribution in [3.63, 3.8) is 0 Å². The summed E-state index contributed by atoms with van der Waals surface area (Å²) in [4.78, 5) is 18.1. The molecule has 26 heavy (non-hydrogen) atoms. The van der Waals surface area contributed by atoms with Gasteiger partial charge in [-0.3, -0.25) is 9.79 Å². The van der Waals surface area contributed by atoms with Crippen LogP contribution in [0.1, 0.15) is 32.3 Å². The summed E-state index contributed by atoms with van der Waals surface area (Å²) >= 11 is 0. The highest BCUT2D eigenvalue weighted by molar-refractivity contribution is 14.0. The highest BCUT2D eigenvalue weighted by atomic mass is 127. The number of nitrogens with one attached hydrogen (secondary N) is 2. The average Bonchev–Trinajstić information content (AvgIpc) is 3.02. The Kier molecular flexibility index (Phi) is 9.82. The van der Waals surface area contributed by atoms with E-state index in [4.69, 9.17) is 0 Å². The fourth-order valence-corrected chi connectivity index (χ4v) is 2.89. The lowest BCUT2D eigenvalue weighted by molar-refractivity contribution is -0.129. The molecule has 1 aromatic carbocycles. The van der Waals surface area contributed by atoms with Crippen LogP contribution in [0.25, 0.3) is 0 Å². The molecule has 0 bridgehead atoms. The zero-order valence-corrected chi connectivity index (χ0v) is 17.6. The quantitative estimate of drug-likeness (QED) is 0.374. The van der Waals surface area contributed by atoms with Crippen molar-refractivity contribution in [2.45, 2.75) is 39.2 Å². The smallest absolute Gasteiger partial charge is 0.222 e. The number of carbonyl (C=O) groups is 1. The topological polar surface area (TPSA) is 56.7 Å². The molecule has 1 aromatic rings. The van der Waals surface area contributed by atoms with E-state index in [0.717, 1.165) is 19.0 Å². The van der Waals surface area contributed by atoms with Gasteiger partial charge in [-0.1, -0.05) is 6.92 Å². The maximum Gasteiger partial charge on any atom is 0.222 e. The lowest BCUT2D eigenvalue weighted by Crippen LogP contribution is -2.45. The molecule has 1 unspecified atom stereocenters. The van der Waals surface area contributed by atoms with E-state index in [9.17, 15) is 13.6 Å². The van der Waals surface area contributed by atoms with Crippen LogP contribution in [-0.2, 0) is 11.2 Å². The predicted molar refractivity (Wildman–Crippen MR) is 110 cm³/mol. The van der Waals surface area contributed by atoms with Gasteiger partial charge in [-0.15, -0.1) is 24.0 Å². The summed E-state index contributed by atoms with van der Waals surface area (Å²) < 4.78 is 26.4. The van der Waals surface area contributed by atoms with Crippen molar-refractivity contribution in [2.75, 3.05) is 26.2 Å². The van der Waals surface area contributed by atoms with Gasteiger partial charge >= 0.3 is 0 Å². The summed E-state index contributed by atoms with van der Waals surface area (Å²) in [5.74, 6) is -0.319. The van der Waals surface area contributed by atoms with Gasteiger partial charge in [0.25, 0.3) is 0 Å². The normalized spacial score (nSPS) is 17.0. The molecule has 1 atom stereocenters. The van der Waals surface area contributed by atoms with Crippen molar-refractivity contribution >= 4 is 35.8 Å². The Morgan fingerprint density at radius 3 is 2.58 bits per heavy atom. The standard InChI is InChI=1S/C18H26F2N4O.HI/c1-3-17(25)24-8-6-16(12-24)23-18(21-4-2)22-7-5-13-9-14(19)11-15(20)10-13;/h9-11,16H,3-8,12H2,1-2H3,(H2,21,22,23);1H. The number of carbonyl (C=O) groups excluding carboxylic acids is 1. The van der Waals surface area contributed by atoms with Gasteiger partial charge in [-0.25, -0.2) is 8.78 Å². The van der Waals surface area contributed by atoms with Crippen LogP contribution >= 0.6 is 24.0 Å². The van der Waals surface area contributed by atoms with Gasteiger partial charge in [0.1, 0.15) is 11.6 Å². The number of hydrogen-bond donors (Lipinski definition) is 2. The first-order chi connectivity index (χ1) is 12.0. The molecule has 1 heterocycles. The Hall–Kier alpha value is -1.45. The maximum atomic E-state index is 13.2. The van der Waals surface area contributed by atoms with Crippen LogP contribution in [-0.4, -0.2) is 49.0 Å². The third-order valence-electron chi connectivity index (χ3n) is 4.12. The molecule has 1 fully saturated rings. The van der Waals surface area contributed by atoms with Gasteiger partial charge in [0.2, 0.25) is 5.91 Å². The van der Waals surface area contributed by atoms with Crippen LogP contribution in [0.2, 0.25) is 0 Å². The molecule has 0 spiro atoms. The minimum Gasteiger partial charge on any atom is -0.357 e. The van der Waals surface area contributed by atoms with E-state index in [0.29, 0.717) is 44.0 Å². The first-order valence-electron chi connectivity index (χ1n) is 8.79. The van der Waals surface area contributed by atoms with Crippen molar-refractivity contribution in [1.82, 2.24) is 15.5 Å². The van der Waals surface area contributed by atoms with Gasteiger partial charge in [0.15, 0.2) is 5.96 Å². The average molecular weight is 480 g/mol. The summed E-state index contributed by atoms with van der Waals surface area (Å²) in [5, 5.41) is 6.50. The molecule has 2 N–H and O–H groups in total. The van der Waals surface area contributed by atoms with E-state index in [2.05, 4.69) is 15.6 Å². The molecule has 2 rings (SSSR count). The number of nitrogens with zero attached hydrogens (tertiary/aromatic N) is 2. The van der Waals surface area contributed by atoms with E-state index < -0.39 is 11.6 Å². The van der Waals surface area contributed by atoms with Crippen LogP contribution in [0.4, 0.5) is 8.78 Å². The molecular formula is C18H27F2IN4O. The van der Waals surface area contributed by atoms with Gasteiger partial charge < -0.3 is 15.5 Å². The molecule has 146 valence electrons. The molecule has 0 aromatic heterocycles. The summed E-state index contributed by atoms with van der Waals surface area (Å²) in [6.07, 6.45) is 1.85. The van der Waals surface area contributed by atoms with E-state index in [-0.39, 0.29) is 35.9 Å². The minimum absolute atomic E-state index is 0. The summed E-state index contributed by atoms with van der Waals surface area (Å²) in [7, 11) is 0. The van der Waals surface area contributed by atoms with Crippen molar-refractivity contribution in [2.24, 2.45) is 4.99 Å². The Morgan fingerprint density at radius 1 is 1.27 bits per heavy atom. The van der Waals surface area contributed by atoms with Crippen LogP contribution in [0.3, 0.4) is 0 Å². The van der Waals surface area contributed by atoms with Gasteiger partial charge in [-0.05, 0) is 37.5 Å². The van der Waals surface area contributed by atoms with Crippen molar-refractivity contribution in [1.29, 1.82) is 0 Å². The minimum atomic E-state index is -0.573. The number of guanidine groups is 1. The maximum absolute atomic E-state index is 13.2. The van der Waals surface area contributed by atoms with E-state index >= 15 is 0 Å². The molecule has 1 saturated heterocycles. The van der Waals surface area contributed by atoms with Crippen LogP contribution in [0.5, 0.6) is 0 Å². The lowest BCUT2D eigenvalue weighted by Gasteiger charge is -2.18. The zero-order chi connectivity index (χ0) is 18.2. The Morgan fingerprint density at radius 2 is 1.96 bits per heavy atom. The molecule has 0 aliphatic carbocycles. The molecule has 8 heteroatoms. The number of halogens is 3. The second-order valence-electron chi connectivity index (χ2n) is 6.11. The SMILES string of the molecule is CCNC(=NCCc1cc(F)cc(F)c1)NC1CCN(C(=O)CC)C1.I. The van der Waals surface area contributed by atoms with E-state index in [1.165, 1.54) is 12.1 Å². The van der Waals surface area contributed by atoms with Crippen molar-refractivity contribution in [3.05, 3.63) is 35.4 Å². The number of hydrogen-bond acceptors (Lipinski definition) is 2. The number of aliphatic imine (C=N–C) groups is 1. The first kappa shape index (κ1) is 22.6. The molecular weight excluding hydrogens is 453 g/mol. The molecule has 1 amide bonds. The number of benzene rings is 1. The number of likely N-dealkylation sites (tertiary alicyclic amines) is 1. The second kappa shape index (κ2) is 11.3. The van der Waals surface area contributed by atoms with Crippen molar-refractivity contribution < 1.29 is 13.6 Å². The van der Waals surface area contributed by atoms with Gasteiger partial charge in [-0.2, -0.15) is 0 Å². The largest absolute Gasteiger partial charge is 0.357 e. The molecule has 5 nitrogen and oxygen atoms in total. The Balaban J connectivity index is 0.00000338. The lowest BCUT2D eigenvalue weighted by atomic mass is 10.1. The monoisotopic (exact) mass is 480 g/mol. The third-order valence-corrected chi connectivity index (χ3v) is 4.12. The number of amides is 1. The molecule has 1 aliphatic heterocycles. The highest BCUT2D eigenvalue weighted by Gasteiger charge is 2.25. The molecule has 1 aliphatic rings. The fraction of sp³-hybridized carbons (Fsp3) is 0.556. The van der Waals surface area contributed by atoms with Crippen molar-refractivity contribution in [3.8, 4) is 0 Å². The Labute approximate surface area is 170 Å².